The van der Waals surface area contributed by atoms with E-state index in [2.05, 4.69) is 6.92 Å². The Bertz CT molecular complexity index is 100. The number of unbranched alkanes of at least 4 members (excludes halogenated alkanes) is 6. The van der Waals surface area contributed by atoms with E-state index in [0.717, 1.165) is 12.8 Å². The molecule has 0 amide bonds. The zero-order valence-corrected chi connectivity index (χ0v) is 9.54. The van der Waals surface area contributed by atoms with Gasteiger partial charge in [0.05, 0.1) is 0 Å². The van der Waals surface area contributed by atoms with Crippen molar-refractivity contribution in [1.29, 1.82) is 0 Å². The minimum atomic E-state index is 0.116. The van der Waals surface area contributed by atoms with Gasteiger partial charge in [-0.05, 0) is 6.42 Å². The van der Waals surface area contributed by atoms with Gasteiger partial charge in [-0.25, -0.2) is 0 Å². The molecule has 0 aromatic carbocycles. The SMILES string of the molecule is CCCCCCCCCC(CO)CO. The first-order valence-corrected chi connectivity index (χ1v) is 6.06. The molecule has 0 atom stereocenters. The molecule has 0 spiro atoms. The Labute approximate surface area is 88.3 Å². The van der Waals surface area contributed by atoms with Crippen LogP contribution >= 0.6 is 0 Å². The van der Waals surface area contributed by atoms with Gasteiger partial charge >= 0.3 is 0 Å². The van der Waals surface area contributed by atoms with Crippen molar-refractivity contribution in [2.24, 2.45) is 5.92 Å². The summed E-state index contributed by atoms with van der Waals surface area (Å²) >= 11 is 0. The standard InChI is InChI=1S/C12H26O2/c1-2-3-4-5-6-7-8-9-12(10-13)11-14/h12-14H,2-11H2,1H3. The summed E-state index contributed by atoms with van der Waals surface area (Å²) in [6.07, 6.45) is 10.0. The molecule has 0 aliphatic rings. The highest BCUT2D eigenvalue weighted by Gasteiger charge is 2.04. The van der Waals surface area contributed by atoms with Gasteiger partial charge in [-0.3, -0.25) is 0 Å². The van der Waals surface area contributed by atoms with E-state index >= 15 is 0 Å². The summed E-state index contributed by atoms with van der Waals surface area (Å²) in [4.78, 5) is 0. The normalized spacial score (nSPS) is 11.1. The highest BCUT2D eigenvalue weighted by molar-refractivity contribution is 4.55. The first kappa shape index (κ1) is 13.9. The second kappa shape index (κ2) is 11.0. The predicted molar refractivity (Wildman–Crippen MR) is 60.3 cm³/mol. The molecule has 86 valence electrons. The lowest BCUT2D eigenvalue weighted by Gasteiger charge is -2.09. The molecule has 14 heavy (non-hydrogen) atoms. The number of hydrogen-bond acceptors (Lipinski definition) is 2. The molecule has 0 radical (unpaired) electrons. The predicted octanol–water partition coefficient (Wildman–Crippen LogP) is 2.73. The van der Waals surface area contributed by atoms with E-state index in [1.54, 1.807) is 0 Å². The van der Waals surface area contributed by atoms with Crippen LogP contribution in [-0.4, -0.2) is 23.4 Å². The third-order valence-corrected chi connectivity index (χ3v) is 2.73. The monoisotopic (exact) mass is 202 g/mol. The van der Waals surface area contributed by atoms with Crippen LogP contribution < -0.4 is 0 Å². The molecule has 0 unspecified atom stereocenters. The van der Waals surface area contributed by atoms with Gasteiger partial charge in [0.2, 0.25) is 0 Å². The number of rotatable bonds is 10. The van der Waals surface area contributed by atoms with Gasteiger partial charge in [0.25, 0.3) is 0 Å². The van der Waals surface area contributed by atoms with Crippen LogP contribution in [0, 0.1) is 5.92 Å². The van der Waals surface area contributed by atoms with Crippen LogP contribution in [0.2, 0.25) is 0 Å². The quantitative estimate of drug-likeness (QED) is 0.535. The van der Waals surface area contributed by atoms with Crippen molar-refractivity contribution in [3.8, 4) is 0 Å². The second-order valence-electron chi connectivity index (χ2n) is 4.14. The third-order valence-electron chi connectivity index (χ3n) is 2.73. The summed E-state index contributed by atoms with van der Waals surface area (Å²) in [7, 11) is 0. The Kier molecular flexibility index (Phi) is 10.9. The second-order valence-corrected chi connectivity index (χ2v) is 4.14. The van der Waals surface area contributed by atoms with Gasteiger partial charge in [-0.1, -0.05) is 51.9 Å². The molecule has 0 heterocycles. The van der Waals surface area contributed by atoms with Crippen LogP contribution in [0.25, 0.3) is 0 Å². The van der Waals surface area contributed by atoms with Crippen molar-refractivity contribution >= 4 is 0 Å². The topological polar surface area (TPSA) is 40.5 Å². The van der Waals surface area contributed by atoms with Crippen LogP contribution in [0.15, 0.2) is 0 Å². The fraction of sp³-hybridized carbons (Fsp3) is 1.00. The lowest BCUT2D eigenvalue weighted by atomic mass is 10.0. The van der Waals surface area contributed by atoms with Crippen molar-refractivity contribution in [2.75, 3.05) is 13.2 Å². The van der Waals surface area contributed by atoms with E-state index in [9.17, 15) is 0 Å². The summed E-state index contributed by atoms with van der Waals surface area (Å²) in [5.41, 5.74) is 0. The van der Waals surface area contributed by atoms with E-state index in [1.807, 2.05) is 0 Å². The molecule has 2 nitrogen and oxygen atoms in total. The molecule has 2 heteroatoms. The van der Waals surface area contributed by atoms with Crippen LogP contribution in [0.4, 0.5) is 0 Å². The van der Waals surface area contributed by atoms with Crippen molar-refractivity contribution in [2.45, 2.75) is 58.3 Å². The van der Waals surface area contributed by atoms with Gasteiger partial charge in [0, 0.05) is 19.1 Å². The molecule has 0 rings (SSSR count). The fourth-order valence-electron chi connectivity index (χ4n) is 1.63. The van der Waals surface area contributed by atoms with Crippen molar-refractivity contribution in [3.05, 3.63) is 0 Å². The highest BCUT2D eigenvalue weighted by atomic mass is 16.3. The maximum absolute atomic E-state index is 8.84. The number of hydrogen-bond donors (Lipinski definition) is 2. The average Bonchev–Trinajstić information content (AvgIpc) is 2.22. The summed E-state index contributed by atoms with van der Waals surface area (Å²) in [6, 6.07) is 0. The number of aliphatic hydroxyl groups excluding tert-OH is 2. The van der Waals surface area contributed by atoms with E-state index in [-0.39, 0.29) is 19.1 Å². The van der Waals surface area contributed by atoms with Crippen LogP contribution in [0.3, 0.4) is 0 Å². The lowest BCUT2D eigenvalue weighted by Crippen LogP contribution is -2.10. The minimum absolute atomic E-state index is 0.116. The molecular formula is C12H26O2. The molecule has 0 fully saturated rings. The summed E-state index contributed by atoms with van der Waals surface area (Å²) in [5, 5.41) is 17.7. The molecule has 0 aliphatic carbocycles. The minimum Gasteiger partial charge on any atom is -0.396 e. The molecule has 0 bridgehead atoms. The zero-order chi connectivity index (χ0) is 10.6. The molecule has 0 aliphatic heterocycles. The Balaban J connectivity index is 3.04. The first-order valence-electron chi connectivity index (χ1n) is 6.06. The van der Waals surface area contributed by atoms with Crippen molar-refractivity contribution < 1.29 is 10.2 Å². The molecule has 0 saturated heterocycles. The Morgan fingerprint density at radius 1 is 0.786 bits per heavy atom. The average molecular weight is 202 g/mol. The summed E-state index contributed by atoms with van der Waals surface area (Å²) in [6.45, 7) is 2.49. The maximum atomic E-state index is 8.84. The first-order chi connectivity index (χ1) is 6.85. The molecule has 2 N–H and O–H groups in total. The van der Waals surface area contributed by atoms with Crippen molar-refractivity contribution in [3.63, 3.8) is 0 Å². The molecule has 0 saturated carbocycles. The fourth-order valence-corrected chi connectivity index (χ4v) is 1.63. The summed E-state index contributed by atoms with van der Waals surface area (Å²) < 4.78 is 0. The molecule has 0 aromatic heterocycles. The van der Waals surface area contributed by atoms with Crippen LogP contribution in [0.1, 0.15) is 58.3 Å². The van der Waals surface area contributed by atoms with E-state index in [4.69, 9.17) is 10.2 Å². The van der Waals surface area contributed by atoms with Gasteiger partial charge < -0.3 is 10.2 Å². The van der Waals surface area contributed by atoms with Crippen molar-refractivity contribution in [1.82, 2.24) is 0 Å². The largest absolute Gasteiger partial charge is 0.396 e. The zero-order valence-electron chi connectivity index (χ0n) is 9.54. The number of aliphatic hydroxyl groups is 2. The molecular weight excluding hydrogens is 176 g/mol. The Hall–Kier alpha value is -0.0800. The third kappa shape index (κ3) is 8.52. The van der Waals surface area contributed by atoms with E-state index in [0.29, 0.717) is 0 Å². The van der Waals surface area contributed by atoms with Gasteiger partial charge in [0.1, 0.15) is 0 Å². The van der Waals surface area contributed by atoms with E-state index < -0.39 is 0 Å². The van der Waals surface area contributed by atoms with Crippen LogP contribution in [0.5, 0.6) is 0 Å². The van der Waals surface area contributed by atoms with Gasteiger partial charge in [-0.2, -0.15) is 0 Å². The highest BCUT2D eigenvalue weighted by Crippen LogP contribution is 2.12. The smallest absolute Gasteiger partial charge is 0.0481 e. The lowest BCUT2D eigenvalue weighted by molar-refractivity contribution is 0.141. The maximum Gasteiger partial charge on any atom is 0.0481 e. The van der Waals surface area contributed by atoms with E-state index in [1.165, 1.54) is 38.5 Å². The van der Waals surface area contributed by atoms with Crippen LogP contribution in [-0.2, 0) is 0 Å². The molecule has 0 aromatic rings. The summed E-state index contributed by atoms with van der Waals surface area (Å²) in [5.74, 6) is 0.116. The Morgan fingerprint density at radius 3 is 1.79 bits per heavy atom. The van der Waals surface area contributed by atoms with Gasteiger partial charge in [0.15, 0.2) is 0 Å². The van der Waals surface area contributed by atoms with Gasteiger partial charge in [-0.15, -0.1) is 0 Å². The Morgan fingerprint density at radius 2 is 1.29 bits per heavy atom.